The predicted octanol–water partition coefficient (Wildman–Crippen LogP) is 1.81. The second-order valence-corrected chi connectivity index (χ2v) is 5.92. The number of amides is 1. The smallest absolute Gasteiger partial charge is 0.255 e. The van der Waals surface area contributed by atoms with Gasteiger partial charge in [-0.25, -0.2) is 0 Å². The van der Waals surface area contributed by atoms with Crippen molar-refractivity contribution in [2.24, 2.45) is 0 Å². The average Bonchev–Trinajstić information content (AvgIpc) is 3.29. The van der Waals surface area contributed by atoms with E-state index in [9.17, 15) is 4.79 Å². The molecule has 1 atom stereocenters. The van der Waals surface area contributed by atoms with Crippen LogP contribution in [0.5, 0.6) is 0 Å². The maximum absolute atomic E-state index is 12.2. The van der Waals surface area contributed by atoms with Gasteiger partial charge in [-0.1, -0.05) is 12.1 Å². The van der Waals surface area contributed by atoms with E-state index in [0.717, 1.165) is 38.1 Å². The third kappa shape index (κ3) is 3.64. The normalized spacial score (nSPS) is 17.3. The van der Waals surface area contributed by atoms with E-state index < -0.39 is 0 Å². The van der Waals surface area contributed by atoms with Crippen LogP contribution in [0.1, 0.15) is 60.1 Å². The molecule has 0 spiro atoms. The maximum atomic E-state index is 12.2. The van der Waals surface area contributed by atoms with Gasteiger partial charge < -0.3 is 14.6 Å². The predicted molar refractivity (Wildman–Crippen MR) is 85.5 cm³/mol. The molecule has 0 bridgehead atoms. The van der Waals surface area contributed by atoms with E-state index in [-0.39, 0.29) is 12.0 Å². The molecule has 0 aliphatic carbocycles. The van der Waals surface area contributed by atoms with Crippen LogP contribution in [0.2, 0.25) is 0 Å². The van der Waals surface area contributed by atoms with Gasteiger partial charge in [0, 0.05) is 31.8 Å². The minimum absolute atomic E-state index is 0.0760. The number of hydrogen-bond donors (Lipinski definition) is 1. The summed E-state index contributed by atoms with van der Waals surface area (Å²) in [6.45, 7) is 5.99. The SMILES string of the molecule is CCCn1ncc(C(=O)NCCc2noc([C@H]3CCCO3)n2)c1C. The molecule has 2 aromatic rings. The van der Waals surface area contributed by atoms with Crippen LogP contribution in [0.25, 0.3) is 0 Å². The zero-order chi connectivity index (χ0) is 16.9. The zero-order valence-corrected chi connectivity index (χ0v) is 14.1. The molecule has 0 unspecified atom stereocenters. The molecule has 1 fully saturated rings. The summed E-state index contributed by atoms with van der Waals surface area (Å²) < 4.78 is 12.6. The number of carbonyl (C=O) groups excluding carboxylic acids is 1. The standard InChI is InChI=1S/C16H23N5O3/c1-3-8-21-11(2)12(10-18-21)15(22)17-7-6-14-19-16(24-20-14)13-5-4-9-23-13/h10,13H,3-9H2,1-2H3,(H,17,22)/t13-/m1/s1. The molecule has 1 N–H and O–H groups in total. The van der Waals surface area contributed by atoms with Crippen LogP contribution in [0.15, 0.2) is 10.7 Å². The molecule has 1 aliphatic heterocycles. The first-order valence-electron chi connectivity index (χ1n) is 8.43. The highest BCUT2D eigenvalue weighted by Crippen LogP contribution is 2.26. The summed E-state index contributed by atoms with van der Waals surface area (Å²) in [4.78, 5) is 16.6. The molecular formula is C16H23N5O3. The van der Waals surface area contributed by atoms with Crippen LogP contribution < -0.4 is 5.32 Å². The Morgan fingerprint density at radius 2 is 2.38 bits per heavy atom. The van der Waals surface area contributed by atoms with Gasteiger partial charge in [0.05, 0.1) is 11.8 Å². The summed E-state index contributed by atoms with van der Waals surface area (Å²) in [7, 11) is 0. The number of aryl methyl sites for hydroxylation is 1. The van der Waals surface area contributed by atoms with Gasteiger partial charge in [-0.05, 0) is 26.2 Å². The van der Waals surface area contributed by atoms with Crippen molar-refractivity contribution in [2.75, 3.05) is 13.2 Å². The molecule has 24 heavy (non-hydrogen) atoms. The Balaban J connectivity index is 1.50. The van der Waals surface area contributed by atoms with Crippen LogP contribution in [0, 0.1) is 6.92 Å². The van der Waals surface area contributed by atoms with Gasteiger partial charge in [-0.15, -0.1) is 0 Å². The Labute approximate surface area is 140 Å². The summed E-state index contributed by atoms with van der Waals surface area (Å²) in [5.74, 6) is 0.988. The van der Waals surface area contributed by atoms with E-state index in [1.165, 1.54) is 0 Å². The first-order valence-corrected chi connectivity index (χ1v) is 8.43. The molecule has 2 aromatic heterocycles. The van der Waals surface area contributed by atoms with Crippen molar-refractivity contribution in [1.82, 2.24) is 25.2 Å². The Bertz CT molecular complexity index is 688. The van der Waals surface area contributed by atoms with Gasteiger partial charge >= 0.3 is 0 Å². The molecule has 0 aromatic carbocycles. The number of nitrogens with zero attached hydrogens (tertiary/aromatic N) is 4. The molecular weight excluding hydrogens is 310 g/mol. The Morgan fingerprint density at radius 3 is 3.12 bits per heavy atom. The lowest BCUT2D eigenvalue weighted by Crippen LogP contribution is -2.26. The molecule has 3 heterocycles. The number of rotatable bonds is 7. The lowest BCUT2D eigenvalue weighted by atomic mass is 10.2. The number of nitrogens with one attached hydrogen (secondary N) is 1. The van der Waals surface area contributed by atoms with Gasteiger partial charge in [-0.2, -0.15) is 10.1 Å². The topological polar surface area (TPSA) is 95.1 Å². The van der Waals surface area contributed by atoms with Crippen molar-refractivity contribution >= 4 is 5.91 Å². The Morgan fingerprint density at radius 1 is 1.50 bits per heavy atom. The monoisotopic (exact) mass is 333 g/mol. The molecule has 3 rings (SSSR count). The van der Waals surface area contributed by atoms with Crippen molar-refractivity contribution in [3.8, 4) is 0 Å². The quantitative estimate of drug-likeness (QED) is 0.830. The van der Waals surface area contributed by atoms with Gasteiger partial charge in [0.1, 0.15) is 6.10 Å². The maximum Gasteiger partial charge on any atom is 0.255 e. The summed E-state index contributed by atoms with van der Waals surface area (Å²) >= 11 is 0. The first kappa shape index (κ1) is 16.6. The lowest BCUT2D eigenvalue weighted by molar-refractivity contribution is 0.0835. The Hall–Kier alpha value is -2.22. The molecule has 1 saturated heterocycles. The molecule has 1 amide bonds. The second-order valence-electron chi connectivity index (χ2n) is 5.92. The zero-order valence-electron chi connectivity index (χ0n) is 14.1. The highest BCUT2D eigenvalue weighted by molar-refractivity contribution is 5.95. The third-order valence-corrected chi connectivity index (χ3v) is 4.11. The van der Waals surface area contributed by atoms with Crippen molar-refractivity contribution in [3.05, 3.63) is 29.2 Å². The Kier molecular flexibility index (Phi) is 5.24. The molecule has 1 aliphatic rings. The second kappa shape index (κ2) is 7.57. The first-order chi connectivity index (χ1) is 11.7. The molecule has 8 nitrogen and oxygen atoms in total. The number of ether oxygens (including phenoxy) is 1. The van der Waals surface area contributed by atoms with Gasteiger partial charge in [0.2, 0.25) is 0 Å². The molecule has 8 heteroatoms. The van der Waals surface area contributed by atoms with E-state index in [1.807, 2.05) is 11.6 Å². The van der Waals surface area contributed by atoms with Crippen LogP contribution in [-0.2, 0) is 17.7 Å². The van der Waals surface area contributed by atoms with Gasteiger partial charge in [0.15, 0.2) is 5.82 Å². The van der Waals surface area contributed by atoms with Crippen LogP contribution in [-0.4, -0.2) is 39.0 Å². The highest BCUT2D eigenvalue weighted by Gasteiger charge is 2.23. The van der Waals surface area contributed by atoms with Crippen LogP contribution in [0.4, 0.5) is 0 Å². The average molecular weight is 333 g/mol. The van der Waals surface area contributed by atoms with Gasteiger partial charge in [0.25, 0.3) is 11.8 Å². The fraction of sp³-hybridized carbons (Fsp3) is 0.625. The largest absolute Gasteiger partial charge is 0.368 e. The number of hydrogen-bond acceptors (Lipinski definition) is 6. The third-order valence-electron chi connectivity index (χ3n) is 4.11. The minimum Gasteiger partial charge on any atom is -0.368 e. The van der Waals surface area contributed by atoms with E-state index in [4.69, 9.17) is 9.26 Å². The molecule has 0 radical (unpaired) electrons. The number of aromatic nitrogens is 4. The summed E-state index contributed by atoms with van der Waals surface area (Å²) in [5.41, 5.74) is 1.49. The fourth-order valence-corrected chi connectivity index (χ4v) is 2.76. The molecule has 0 saturated carbocycles. The van der Waals surface area contributed by atoms with Crippen molar-refractivity contribution in [2.45, 2.75) is 52.2 Å². The van der Waals surface area contributed by atoms with Crippen molar-refractivity contribution in [1.29, 1.82) is 0 Å². The lowest BCUT2D eigenvalue weighted by Gasteiger charge is -2.04. The van der Waals surface area contributed by atoms with E-state index in [0.29, 0.717) is 30.2 Å². The summed E-state index contributed by atoms with van der Waals surface area (Å²) in [6.07, 6.45) is 4.97. The van der Waals surface area contributed by atoms with E-state index in [1.54, 1.807) is 6.20 Å². The fourth-order valence-electron chi connectivity index (χ4n) is 2.76. The van der Waals surface area contributed by atoms with Crippen molar-refractivity contribution < 1.29 is 14.1 Å². The highest BCUT2D eigenvalue weighted by atomic mass is 16.5. The van der Waals surface area contributed by atoms with Crippen LogP contribution in [0.3, 0.4) is 0 Å². The molecule has 130 valence electrons. The number of carbonyl (C=O) groups is 1. The van der Waals surface area contributed by atoms with E-state index >= 15 is 0 Å². The summed E-state index contributed by atoms with van der Waals surface area (Å²) in [5, 5.41) is 11.1. The van der Waals surface area contributed by atoms with Gasteiger partial charge in [-0.3, -0.25) is 9.48 Å². The summed E-state index contributed by atoms with van der Waals surface area (Å²) in [6, 6.07) is 0. The van der Waals surface area contributed by atoms with Crippen molar-refractivity contribution in [3.63, 3.8) is 0 Å². The minimum atomic E-state index is -0.127. The van der Waals surface area contributed by atoms with Crippen LogP contribution >= 0.6 is 0 Å². The van der Waals surface area contributed by atoms with E-state index in [2.05, 4.69) is 27.5 Å².